The first-order valence-corrected chi connectivity index (χ1v) is 8.76. The van der Waals surface area contributed by atoms with Crippen molar-refractivity contribution in [3.05, 3.63) is 46.4 Å². The largest absolute Gasteiger partial charge is 0.382 e. The highest BCUT2D eigenvalue weighted by molar-refractivity contribution is 7.10. The Bertz CT molecular complexity index is 663. The Morgan fingerprint density at radius 2 is 2.43 bits per heavy atom. The van der Waals surface area contributed by atoms with Crippen LogP contribution in [0.3, 0.4) is 0 Å². The lowest BCUT2D eigenvalue weighted by Gasteiger charge is -2.33. The van der Waals surface area contributed by atoms with Crippen molar-refractivity contribution in [2.24, 2.45) is 0 Å². The lowest BCUT2D eigenvalue weighted by Crippen LogP contribution is -2.41. The zero-order valence-electron chi connectivity index (χ0n) is 13.2. The third kappa shape index (κ3) is 3.89. The van der Waals surface area contributed by atoms with E-state index in [-0.39, 0.29) is 11.9 Å². The first-order valence-electron chi connectivity index (χ1n) is 7.88. The number of nitrogens with zero attached hydrogens (tertiary/aromatic N) is 3. The topological polar surface area (TPSA) is 47.4 Å². The van der Waals surface area contributed by atoms with Crippen molar-refractivity contribution in [3.63, 3.8) is 0 Å². The van der Waals surface area contributed by atoms with Crippen molar-refractivity contribution in [1.82, 2.24) is 14.7 Å². The zero-order valence-corrected chi connectivity index (χ0v) is 14.0. The predicted molar refractivity (Wildman–Crippen MR) is 91.1 cm³/mol. The maximum absolute atomic E-state index is 12.5. The summed E-state index contributed by atoms with van der Waals surface area (Å²) >= 11 is 1.63. The molecule has 0 fully saturated rings. The van der Waals surface area contributed by atoms with Gasteiger partial charge in [0.1, 0.15) is 0 Å². The molecule has 1 atom stereocenters. The molecule has 2 aromatic rings. The van der Waals surface area contributed by atoms with Crippen molar-refractivity contribution in [2.75, 3.05) is 19.8 Å². The van der Waals surface area contributed by atoms with Gasteiger partial charge in [-0.05, 0) is 36.9 Å². The molecule has 0 N–H and O–H groups in total. The van der Waals surface area contributed by atoms with Crippen LogP contribution in [0.25, 0.3) is 6.08 Å². The van der Waals surface area contributed by atoms with Gasteiger partial charge in [-0.25, -0.2) is 0 Å². The van der Waals surface area contributed by atoms with Crippen LogP contribution in [0.4, 0.5) is 0 Å². The van der Waals surface area contributed by atoms with E-state index < -0.39 is 0 Å². The fraction of sp³-hybridized carbons (Fsp3) is 0.412. The maximum atomic E-state index is 12.5. The van der Waals surface area contributed by atoms with Gasteiger partial charge in [-0.1, -0.05) is 6.07 Å². The number of hydrogen-bond donors (Lipinski definition) is 0. The second-order valence-electron chi connectivity index (χ2n) is 5.47. The summed E-state index contributed by atoms with van der Waals surface area (Å²) in [6.07, 6.45) is 6.21. The van der Waals surface area contributed by atoms with Gasteiger partial charge in [-0.3, -0.25) is 9.48 Å². The summed E-state index contributed by atoms with van der Waals surface area (Å²) in [6.45, 7) is 4.68. The van der Waals surface area contributed by atoms with Gasteiger partial charge in [0, 0.05) is 36.9 Å². The predicted octanol–water partition coefficient (Wildman–Crippen LogP) is 2.97. The average Bonchev–Trinajstić information content (AvgIpc) is 3.23. The Morgan fingerprint density at radius 1 is 1.52 bits per heavy atom. The van der Waals surface area contributed by atoms with E-state index >= 15 is 0 Å². The minimum Gasteiger partial charge on any atom is -0.382 e. The minimum atomic E-state index is 0.0484. The van der Waals surface area contributed by atoms with E-state index in [1.54, 1.807) is 23.6 Å². The fourth-order valence-electron chi connectivity index (χ4n) is 2.78. The van der Waals surface area contributed by atoms with E-state index in [1.165, 1.54) is 0 Å². The van der Waals surface area contributed by atoms with Crippen molar-refractivity contribution >= 4 is 23.3 Å². The smallest absolute Gasteiger partial charge is 0.247 e. The van der Waals surface area contributed by atoms with Crippen LogP contribution < -0.4 is 0 Å². The van der Waals surface area contributed by atoms with Gasteiger partial charge in [0.25, 0.3) is 0 Å². The molecule has 2 aromatic heterocycles. The summed E-state index contributed by atoms with van der Waals surface area (Å²) in [5.41, 5.74) is 1.08. The van der Waals surface area contributed by atoms with E-state index in [9.17, 15) is 4.79 Å². The third-order valence-corrected chi connectivity index (χ3v) is 4.76. The molecule has 122 valence electrons. The number of ether oxygens (including phenoxy) is 1. The SMILES string of the molecule is CCOCC[C@@H]1CN(C(=O)/C=C/c2cccs2)Cc2ccnn21. The number of amides is 1. The third-order valence-electron chi connectivity index (χ3n) is 3.93. The lowest BCUT2D eigenvalue weighted by molar-refractivity contribution is -0.128. The van der Waals surface area contributed by atoms with Crippen molar-refractivity contribution < 1.29 is 9.53 Å². The van der Waals surface area contributed by atoms with Crippen LogP contribution in [0.1, 0.15) is 30.0 Å². The van der Waals surface area contributed by atoms with Crippen LogP contribution in [-0.2, 0) is 16.1 Å². The normalized spacial score (nSPS) is 17.6. The van der Waals surface area contributed by atoms with Crippen molar-refractivity contribution in [1.29, 1.82) is 0 Å². The summed E-state index contributed by atoms with van der Waals surface area (Å²) in [7, 11) is 0. The lowest BCUT2D eigenvalue weighted by atomic mass is 10.1. The quantitative estimate of drug-likeness (QED) is 0.604. The zero-order chi connectivity index (χ0) is 16.1. The average molecular weight is 331 g/mol. The summed E-state index contributed by atoms with van der Waals surface area (Å²) < 4.78 is 7.50. The van der Waals surface area contributed by atoms with E-state index in [4.69, 9.17) is 4.74 Å². The Hall–Kier alpha value is -1.92. The molecule has 0 aliphatic carbocycles. The van der Waals surface area contributed by atoms with Crippen LogP contribution in [0.5, 0.6) is 0 Å². The van der Waals surface area contributed by atoms with Crippen molar-refractivity contribution in [2.45, 2.75) is 25.9 Å². The number of hydrogen-bond acceptors (Lipinski definition) is 4. The molecule has 1 aliphatic rings. The van der Waals surface area contributed by atoms with Gasteiger partial charge in [0.2, 0.25) is 5.91 Å². The highest BCUT2D eigenvalue weighted by Crippen LogP contribution is 2.23. The molecule has 0 saturated carbocycles. The molecule has 0 aromatic carbocycles. The van der Waals surface area contributed by atoms with Crippen molar-refractivity contribution in [3.8, 4) is 0 Å². The van der Waals surface area contributed by atoms with Gasteiger partial charge < -0.3 is 9.64 Å². The first kappa shape index (κ1) is 16.0. The fourth-order valence-corrected chi connectivity index (χ4v) is 3.40. The number of carbonyl (C=O) groups excluding carboxylic acids is 1. The molecule has 6 heteroatoms. The Morgan fingerprint density at radius 3 is 3.22 bits per heavy atom. The number of aromatic nitrogens is 2. The standard InChI is InChI=1S/C17H21N3O2S/c1-2-22-10-8-15-13-19(12-14-7-9-18-20(14)15)17(21)6-5-16-4-3-11-23-16/h3-7,9,11,15H,2,8,10,12-13H2,1H3/b6-5+/t15-/m1/s1. The maximum Gasteiger partial charge on any atom is 0.247 e. The summed E-state index contributed by atoms with van der Waals surface area (Å²) in [4.78, 5) is 15.5. The molecule has 5 nitrogen and oxygen atoms in total. The van der Waals surface area contributed by atoms with E-state index in [2.05, 4.69) is 5.10 Å². The Labute approximate surface area is 140 Å². The Kier molecular flexibility index (Phi) is 5.25. The van der Waals surface area contributed by atoms with Gasteiger partial charge in [0.05, 0.1) is 18.3 Å². The van der Waals surface area contributed by atoms with Gasteiger partial charge >= 0.3 is 0 Å². The second kappa shape index (κ2) is 7.57. The second-order valence-corrected chi connectivity index (χ2v) is 6.45. The van der Waals surface area contributed by atoms with Crippen LogP contribution in [0, 0.1) is 0 Å². The Balaban J connectivity index is 1.68. The highest BCUT2D eigenvalue weighted by atomic mass is 32.1. The number of fused-ring (bicyclic) bond motifs is 1. The van der Waals surface area contributed by atoms with Gasteiger partial charge in [-0.15, -0.1) is 11.3 Å². The molecule has 3 heterocycles. The van der Waals surface area contributed by atoms with Crippen LogP contribution in [0.15, 0.2) is 35.9 Å². The molecule has 0 radical (unpaired) electrons. The van der Waals surface area contributed by atoms with E-state index in [1.807, 2.05) is 46.2 Å². The molecule has 0 saturated heterocycles. The monoisotopic (exact) mass is 331 g/mol. The summed E-state index contributed by atoms with van der Waals surface area (Å²) in [5.74, 6) is 0.0484. The first-order chi connectivity index (χ1) is 11.3. The van der Waals surface area contributed by atoms with Gasteiger partial charge in [-0.2, -0.15) is 5.10 Å². The number of carbonyl (C=O) groups is 1. The number of thiophene rings is 1. The number of rotatable bonds is 6. The molecule has 0 spiro atoms. The molecule has 0 bridgehead atoms. The highest BCUT2D eigenvalue weighted by Gasteiger charge is 2.27. The molecular weight excluding hydrogens is 310 g/mol. The summed E-state index contributed by atoms with van der Waals surface area (Å²) in [6, 6.07) is 6.15. The molecule has 1 amide bonds. The van der Waals surface area contributed by atoms with Gasteiger partial charge in [0.15, 0.2) is 0 Å². The van der Waals surface area contributed by atoms with Crippen LogP contribution >= 0.6 is 11.3 Å². The minimum absolute atomic E-state index is 0.0484. The van der Waals surface area contributed by atoms with Crippen LogP contribution in [0.2, 0.25) is 0 Å². The molecule has 23 heavy (non-hydrogen) atoms. The molecular formula is C17H21N3O2S. The molecule has 1 aliphatic heterocycles. The van der Waals surface area contributed by atoms with E-state index in [0.717, 1.165) is 17.0 Å². The van der Waals surface area contributed by atoms with E-state index in [0.29, 0.717) is 26.3 Å². The molecule has 0 unspecified atom stereocenters. The summed E-state index contributed by atoms with van der Waals surface area (Å²) in [5, 5.41) is 6.41. The molecule has 3 rings (SSSR count). The van der Waals surface area contributed by atoms with Crippen LogP contribution in [-0.4, -0.2) is 40.3 Å².